The number of para-hydroxylation sites is 1. The van der Waals surface area contributed by atoms with E-state index in [1.807, 2.05) is 6.07 Å². The molecule has 1 aromatic heterocycles. The molecule has 2 aromatic carbocycles. The summed E-state index contributed by atoms with van der Waals surface area (Å²) < 4.78 is 40.5. The summed E-state index contributed by atoms with van der Waals surface area (Å²) in [4.78, 5) is 7.64. The van der Waals surface area contributed by atoms with E-state index in [1.54, 1.807) is 24.3 Å². The summed E-state index contributed by atoms with van der Waals surface area (Å²) in [5, 5.41) is 14.4. The van der Waals surface area contributed by atoms with Crippen LogP contribution in [0.5, 0.6) is 5.75 Å². The summed E-state index contributed by atoms with van der Waals surface area (Å²) in [5.74, 6) is -4.21. The molecule has 122 valence electrons. The topological polar surface area (TPSA) is 70.1 Å². The van der Waals surface area contributed by atoms with E-state index in [-0.39, 0.29) is 17.5 Å². The fourth-order valence-electron chi connectivity index (χ4n) is 1.94. The number of nitrogens with zero attached hydrogens (tertiary/aromatic N) is 2. The molecular weight excluding hydrogens is 321 g/mol. The van der Waals surface area contributed by atoms with Crippen molar-refractivity contribution in [2.75, 3.05) is 10.6 Å². The Morgan fingerprint density at radius 3 is 2.17 bits per heavy atom. The highest BCUT2D eigenvalue weighted by atomic mass is 19.1. The molecule has 0 saturated carbocycles. The number of hydrogen-bond donors (Lipinski definition) is 3. The molecular formula is C16H11F3N4O. The Kier molecular flexibility index (Phi) is 4.19. The van der Waals surface area contributed by atoms with E-state index in [0.717, 1.165) is 18.3 Å². The third-order valence-corrected chi connectivity index (χ3v) is 3.05. The Bertz CT molecular complexity index is 851. The maximum absolute atomic E-state index is 13.8. The zero-order valence-corrected chi connectivity index (χ0v) is 12.1. The number of hydrogen-bond acceptors (Lipinski definition) is 5. The molecule has 3 aromatic rings. The Hall–Kier alpha value is -3.29. The molecule has 1 heterocycles. The molecule has 0 atom stereocenters. The molecule has 24 heavy (non-hydrogen) atoms. The van der Waals surface area contributed by atoms with Crippen LogP contribution in [-0.2, 0) is 0 Å². The van der Waals surface area contributed by atoms with Crippen molar-refractivity contribution >= 4 is 23.1 Å². The monoisotopic (exact) mass is 332 g/mol. The first kappa shape index (κ1) is 15.6. The lowest BCUT2D eigenvalue weighted by Crippen LogP contribution is -2.03. The van der Waals surface area contributed by atoms with Crippen LogP contribution in [0.1, 0.15) is 0 Å². The second kappa shape index (κ2) is 6.45. The maximum atomic E-state index is 13.8. The van der Waals surface area contributed by atoms with Crippen LogP contribution >= 0.6 is 0 Å². The van der Waals surface area contributed by atoms with Crippen molar-refractivity contribution in [2.45, 2.75) is 0 Å². The van der Waals surface area contributed by atoms with E-state index in [2.05, 4.69) is 20.6 Å². The van der Waals surface area contributed by atoms with Crippen LogP contribution < -0.4 is 10.6 Å². The number of aromatic hydroxyl groups is 1. The largest absolute Gasteiger partial charge is 0.503 e. The predicted molar refractivity (Wildman–Crippen MR) is 83.0 cm³/mol. The van der Waals surface area contributed by atoms with Gasteiger partial charge in [-0.3, -0.25) is 0 Å². The third kappa shape index (κ3) is 3.37. The van der Waals surface area contributed by atoms with Crippen LogP contribution in [0.4, 0.5) is 36.3 Å². The van der Waals surface area contributed by atoms with Crippen molar-refractivity contribution < 1.29 is 18.3 Å². The number of halogens is 3. The molecule has 8 heteroatoms. The van der Waals surface area contributed by atoms with Crippen molar-refractivity contribution in [3.8, 4) is 5.75 Å². The minimum atomic E-state index is -1.14. The van der Waals surface area contributed by atoms with Crippen LogP contribution in [0.2, 0.25) is 0 Å². The van der Waals surface area contributed by atoms with Gasteiger partial charge in [-0.1, -0.05) is 18.2 Å². The van der Waals surface area contributed by atoms with Crippen molar-refractivity contribution in [1.29, 1.82) is 0 Å². The second-order valence-electron chi connectivity index (χ2n) is 4.79. The van der Waals surface area contributed by atoms with Crippen LogP contribution in [-0.4, -0.2) is 15.1 Å². The van der Waals surface area contributed by atoms with Gasteiger partial charge in [0.2, 0.25) is 5.95 Å². The number of aromatic nitrogens is 2. The summed E-state index contributed by atoms with van der Waals surface area (Å²) in [6, 6.07) is 10.5. The Morgan fingerprint density at radius 2 is 1.50 bits per heavy atom. The van der Waals surface area contributed by atoms with Gasteiger partial charge in [0.25, 0.3) is 0 Å². The number of anilines is 4. The van der Waals surface area contributed by atoms with E-state index in [9.17, 15) is 13.2 Å². The number of benzene rings is 2. The molecule has 0 aliphatic rings. The molecule has 0 bridgehead atoms. The van der Waals surface area contributed by atoms with Crippen LogP contribution in [0.25, 0.3) is 0 Å². The Morgan fingerprint density at radius 1 is 0.833 bits per heavy atom. The van der Waals surface area contributed by atoms with Crippen molar-refractivity contribution in [3.63, 3.8) is 0 Å². The lowest BCUT2D eigenvalue weighted by atomic mass is 10.3. The average molecular weight is 332 g/mol. The first-order valence-corrected chi connectivity index (χ1v) is 6.82. The molecule has 0 aliphatic heterocycles. The standard InChI is InChI=1S/C16H11F3N4O/c17-11-6-10(7-12(18)14(11)24)22-16-20-8-13(19)15(23-16)21-9-4-2-1-3-5-9/h1-8,24H,(H2,20,21,22,23). The third-order valence-electron chi connectivity index (χ3n) is 3.05. The van der Waals surface area contributed by atoms with Gasteiger partial charge >= 0.3 is 0 Å². The van der Waals surface area contributed by atoms with Gasteiger partial charge in [-0.2, -0.15) is 4.98 Å². The van der Waals surface area contributed by atoms with Gasteiger partial charge in [0, 0.05) is 23.5 Å². The number of phenols is 1. The molecule has 0 unspecified atom stereocenters. The van der Waals surface area contributed by atoms with Gasteiger partial charge in [0.15, 0.2) is 29.0 Å². The summed E-state index contributed by atoms with van der Waals surface area (Å²) in [6.07, 6.45) is 0.924. The zero-order valence-electron chi connectivity index (χ0n) is 12.1. The molecule has 5 nitrogen and oxygen atoms in total. The zero-order chi connectivity index (χ0) is 17.1. The van der Waals surface area contributed by atoms with Crippen molar-refractivity contribution in [2.24, 2.45) is 0 Å². The molecule has 3 N–H and O–H groups in total. The Labute approximate surface area is 134 Å². The molecule has 3 rings (SSSR count). The molecule has 0 aliphatic carbocycles. The van der Waals surface area contributed by atoms with Crippen molar-refractivity contribution in [3.05, 3.63) is 66.1 Å². The van der Waals surface area contributed by atoms with Gasteiger partial charge in [0.1, 0.15) is 0 Å². The minimum absolute atomic E-state index is 0.0277. The highest BCUT2D eigenvalue weighted by Crippen LogP contribution is 2.26. The molecule has 0 saturated heterocycles. The lowest BCUT2D eigenvalue weighted by molar-refractivity contribution is 0.396. The molecule has 0 amide bonds. The Balaban J connectivity index is 1.86. The van der Waals surface area contributed by atoms with Crippen LogP contribution in [0.15, 0.2) is 48.7 Å². The highest BCUT2D eigenvalue weighted by Gasteiger charge is 2.12. The normalized spacial score (nSPS) is 10.5. The summed E-state index contributed by atoms with van der Waals surface area (Å²) in [7, 11) is 0. The van der Waals surface area contributed by atoms with Crippen LogP contribution in [0.3, 0.4) is 0 Å². The predicted octanol–water partition coefficient (Wildman–Crippen LogP) is 4.09. The van der Waals surface area contributed by atoms with Gasteiger partial charge < -0.3 is 15.7 Å². The second-order valence-corrected chi connectivity index (χ2v) is 4.79. The van der Waals surface area contributed by atoms with E-state index < -0.39 is 23.2 Å². The van der Waals surface area contributed by atoms with Gasteiger partial charge in [-0.25, -0.2) is 18.2 Å². The van der Waals surface area contributed by atoms with Crippen LogP contribution in [0, 0.1) is 17.5 Å². The molecule has 0 spiro atoms. The highest BCUT2D eigenvalue weighted by molar-refractivity contribution is 5.60. The summed E-state index contributed by atoms with van der Waals surface area (Å²) >= 11 is 0. The SMILES string of the molecule is Oc1c(F)cc(Nc2ncc(F)c(Nc3ccccc3)n2)cc1F. The van der Waals surface area contributed by atoms with E-state index in [0.29, 0.717) is 5.69 Å². The number of phenolic OH excluding ortho intramolecular Hbond substituents is 1. The van der Waals surface area contributed by atoms with Gasteiger partial charge in [0.05, 0.1) is 6.20 Å². The van der Waals surface area contributed by atoms with Crippen molar-refractivity contribution in [1.82, 2.24) is 9.97 Å². The lowest BCUT2D eigenvalue weighted by Gasteiger charge is -2.10. The fraction of sp³-hybridized carbons (Fsp3) is 0. The smallest absolute Gasteiger partial charge is 0.229 e. The average Bonchev–Trinajstić information content (AvgIpc) is 2.56. The minimum Gasteiger partial charge on any atom is -0.503 e. The maximum Gasteiger partial charge on any atom is 0.229 e. The number of nitrogens with one attached hydrogen (secondary N) is 2. The van der Waals surface area contributed by atoms with E-state index >= 15 is 0 Å². The van der Waals surface area contributed by atoms with Gasteiger partial charge in [-0.05, 0) is 12.1 Å². The summed E-state index contributed by atoms with van der Waals surface area (Å²) in [5.41, 5.74) is 0.586. The quantitative estimate of drug-likeness (QED) is 0.628. The first-order valence-electron chi connectivity index (χ1n) is 6.82. The molecule has 0 fully saturated rings. The van der Waals surface area contributed by atoms with E-state index in [1.165, 1.54) is 0 Å². The summed E-state index contributed by atoms with van der Waals surface area (Å²) in [6.45, 7) is 0. The first-order chi connectivity index (χ1) is 11.5. The fourth-order valence-corrected chi connectivity index (χ4v) is 1.94. The number of rotatable bonds is 4. The van der Waals surface area contributed by atoms with E-state index in [4.69, 9.17) is 5.11 Å². The van der Waals surface area contributed by atoms with Gasteiger partial charge in [-0.15, -0.1) is 0 Å². The molecule has 0 radical (unpaired) electrons.